The predicted molar refractivity (Wildman–Crippen MR) is 96.7 cm³/mol. The number of thioether (sulfide) groups is 1. The molecule has 3 rings (SSSR count). The molecule has 0 spiro atoms. The van der Waals surface area contributed by atoms with Crippen molar-refractivity contribution < 1.29 is 0 Å². The standard InChI is InChI=1S/C17H19N3S2/c1-12(2)10-18-16-19-20-17(22-16)21-11-14-8-5-7-13-6-3-4-9-15(13)14/h3-9,12H,10-11H2,1-2H3,(H,18,19). The Morgan fingerprint density at radius 3 is 2.77 bits per heavy atom. The van der Waals surface area contributed by atoms with Gasteiger partial charge in [-0.3, -0.25) is 0 Å². The van der Waals surface area contributed by atoms with Crippen molar-refractivity contribution in [1.82, 2.24) is 10.2 Å². The fourth-order valence-corrected chi connectivity index (χ4v) is 3.95. The Kier molecular flexibility index (Phi) is 4.95. The van der Waals surface area contributed by atoms with E-state index in [-0.39, 0.29) is 0 Å². The molecule has 22 heavy (non-hydrogen) atoms. The average Bonchev–Trinajstić information content (AvgIpc) is 2.99. The van der Waals surface area contributed by atoms with E-state index in [0.29, 0.717) is 5.92 Å². The lowest BCUT2D eigenvalue weighted by Gasteiger charge is -2.05. The van der Waals surface area contributed by atoms with Gasteiger partial charge in [0.15, 0.2) is 4.34 Å². The van der Waals surface area contributed by atoms with Crippen molar-refractivity contribution in [2.75, 3.05) is 11.9 Å². The molecule has 0 unspecified atom stereocenters. The molecule has 0 radical (unpaired) electrons. The van der Waals surface area contributed by atoms with Crippen molar-refractivity contribution >= 4 is 39.0 Å². The normalized spacial score (nSPS) is 11.2. The summed E-state index contributed by atoms with van der Waals surface area (Å²) >= 11 is 3.38. The molecule has 0 fully saturated rings. The zero-order valence-corrected chi connectivity index (χ0v) is 14.4. The van der Waals surface area contributed by atoms with E-state index in [9.17, 15) is 0 Å². The molecule has 0 atom stereocenters. The Morgan fingerprint density at radius 2 is 1.91 bits per heavy atom. The van der Waals surface area contributed by atoms with Crippen LogP contribution < -0.4 is 5.32 Å². The third-order valence-corrected chi connectivity index (χ3v) is 5.36. The zero-order chi connectivity index (χ0) is 15.4. The number of anilines is 1. The van der Waals surface area contributed by atoms with Crippen LogP contribution in [0.5, 0.6) is 0 Å². The molecule has 3 nitrogen and oxygen atoms in total. The first-order valence-corrected chi connectivity index (χ1v) is 9.19. The molecule has 0 saturated heterocycles. The Bertz CT molecular complexity index is 747. The topological polar surface area (TPSA) is 37.8 Å². The molecule has 1 N–H and O–H groups in total. The summed E-state index contributed by atoms with van der Waals surface area (Å²) < 4.78 is 1.01. The number of nitrogens with one attached hydrogen (secondary N) is 1. The van der Waals surface area contributed by atoms with Gasteiger partial charge in [-0.25, -0.2) is 0 Å². The highest BCUT2D eigenvalue weighted by Gasteiger charge is 2.07. The van der Waals surface area contributed by atoms with Crippen molar-refractivity contribution in [3.05, 3.63) is 48.0 Å². The number of hydrogen-bond acceptors (Lipinski definition) is 5. The van der Waals surface area contributed by atoms with Crippen LogP contribution in [-0.4, -0.2) is 16.7 Å². The van der Waals surface area contributed by atoms with Gasteiger partial charge in [0.25, 0.3) is 0 Å². The molecule has 114 valence electrons. The summed E-state index contributed by atoms with van der Waals surface area (Å²) in [4.78, 5) is 0. The molecule has 1 aromatic heterocycles. The van der Waals surface area contributed by atoms with E-state index in [4.69, 9.17) is 0 Å². The molecule has 0 bridgehead atoms. The van der Waals surface area contributed by atoms with Crippen LogP contribution in [0.1, 0.15) is 19.4 Å². The maximum Gasteiger partial charge on any atom is 0.206 e. The predicted octanol–water partition coefficient (Wildman–Crippen LogP) is 5.05. The lowest BCUT2D eigenvalue weighted by molar-refractivity contribution is 0.687. The third-order valence-electron chi connectivity index (χ3n) is 3.30. The van der Waals surface area contributed by atoms with Crippen LogP contribution in [-0.2, 0) is 5.75 Å². The van der Waals surface area contributed by atoms with Gasteiger partial charge in [-0.05, 0) is 22.3 Å². The van der Waals surface area contributed by atoms with Crippen LogP contribution >= 0.6 is 23.1 Å². The number of hydrogen-bond donors (Lipinski definition) is 1. The molecule has 0 saturated carbocycles. The zero-order valence-electron chi connectivity index (χ0n) is 12.7. The highest BCUT2D eigenvalue weighted by atomic mass is 32.2. The largest absolute Gasteiger partial charge is 0.360 e. The second-order valence-corrected chi connectivity index (χ2v) is 7.77. The van der Waals surface area contributed by atoms with Crippen molar-refractivity contribution in [1.29, 1.82) is 0 Å². The molecule has 0 aliphatic heterocycles. The van der Waals surface area contributed by atoms with Crippen molar-refractivity contribution in [3.63, 3.8) is 0 Å². The van der Waals surface area contributed by atoms with E-state index < -0.39 is 0 Å². The van der Waals surface area contributed by atoms with E-state index in [2.05, 4.69) is 71.8 Å². The quantitative estimate of drug-likeness (QED) is 0.642. The fraction of sp³-hybridized carbons (Fsp3) is 0.294. The summed E-state index contributed by atoms with van der Waals surface area (Å²) in [6, 6.07) is 15.0. The van der Waals surface area contributed by atoms with Crippen LogP contribution in [0.2, 0.25) is 0 Å². The maximum absolute atomic E-state index is 4.26. The number of nitrogens with zero attached hydrogens (tertiary/aromatic N) is 2. The number of aromatic nitrogens is 2. The highest BCUT2D eigenvalue weighted by molar-refractivity contribution is 8.00. The minimum absolute atomic E-state index is 0.607. The van der Waals surface area contributed by atoms with E-state index in [0.717, 1.165) is 21.8 Å². The monoisotopic (exact) mass is 329 g/mol. The molecule has 0 aliphatic rings. The molecule has 5 heteroatoms. The van der Waals surface area contributed by atoms with Gasteiger partial charge in [-0.15, -0.1) is 10.2 Å². The Labute approximate surface area is 139 Å². The molecule has 0 amide bonds. The van der Waals surface area contributed by atoms with Gasteiger partial charge in [0.2, 0.25) is 5.13 Å². The lowest BCUT2D eigenvalue weighted by Crippen LogP contribution is -2.07. The van der Waals surface area contributed by atoms with Crippen molar-refractivity contribution in [2.24, 2.45) is 5.92 Å². The Morgan fingerprint density at radius 1 is 1.09 bits per heavy atom. The van der Waals surface area contributed by atoms with E-state index in [1.54, 1.807) is 23.1 Å². The first kappa shape index (κ1) is 15.3. The van der Waals surface area contributed by atoms with Crippen LogP contribution in [0, 0.1) is 5.92 Å². The summed E-state index contributed by atoms with van der Waals surface area (Å²) in [5.41, 5.74) is 1.34. The minimum Gasteiger partial charge on any atom is -0.360 e. The molecule has 1 heterocycles. The lowest BCUT2D eigenvalue weighted by atomic mass is 10.1. The number of fused-ring (bicyclic) bond motifs is 1. The van der Waals surface area contributed by atoms with Crippen LogP contribution in [0.3, 0.4) is 0 Å². The molecule has 2 aromatic carbocycles. The fourth-order valence-electron chi connectivity index (χ4n) is 2.19. The minimum atomic E-state index is 0.607. The van der Waals surface area contributed by atoms with Crippen LogP contribution in [0.4, 0.5) is 5.13 Å². The van der Waals surface area contributed by atoms with Gasteiger partial charge in [0.05, 0.1) is 0 Å². The van der Waals surface area contributed by atoms with Gasteiger partial charge in [-0.1, -0.05) is 79.4 Å². The van der Waals surface area contributed by atoms with Crippen LogP contribution in [0.25, 0.3) is 10.8 Å². The van der Waals surface area contributed by atoms with Gasteiger partial charge >= 0.3 is 0 Å². The summed E-state index contributed by atoms with van der Waals surface area (Å²) in [5.74, 6) is 1.52. The Hall–Kier alpha value is -1.59. The van der Waals surface area contributed by atoms with E-state index in [1.807, 2.05) is 0 Å². The van der Waals surface area contributed by atoms with Gasteiger partial charge in [-0.2, -0.15) is 0 Å². The summed E-state index contributed by atoms with van der Waals surface area (Å²) in [6.45, 7) is 5.30. The number of rotatable bonds is 6. The van der Waals surface area contributed by atoms with Crippen molar-refractivity contribution in [3.8, 4) is 0 Å². The summed E-state index contributed by atoms with van der Waals surface area (Å²) in [6.07, 6.45) is 0. The van der Waals surface area contributed by atoms with E-state index in [1.165, 1.54) is 16.3 Å². The molecule has 3 aromatic rings. The van der Waals surface area contributed by atoms with Gasteiger partial charge in [0, 0.05) is 12.3 Å². The van der Waals surface area contributed by atoms with Crippen LogP contribution in [0.15, 0.2) is 46.8 Å². The second kappa shape index (κ2) is 7.11. The summed E-state index contributed by atoms with van der Waals surface area (Å²) in [5, 5.41) is 15.3. The van der Waals surface area contributed by atoms with Crippen molar-refractivity contribution in [2.45, 2.75) is 23.9 Å². The van der Waals surface area contributed by atoms with Gasteiger partial charge in [0.1, 0.15) is 0 Å². The molecular formula is C17H19N3S2. The first-order chi connectivity index (χ1) is 10.7. The number of benzene rings is 2. The average molecular weight is 329 g/mol. The molecule has 0 aliphatic carbocycles. The molecular weight excluding hydrogens is 310 g/mol. The maximum atomic E-state index is 4.26. The van der Waals surface area contributed by atoms with Gasteiger partial charge < -0.3 is 5.32 Å². The third kappa shape index (κ3) is 3.78. The smallest absolute Gasteiger partial charge is 0.206 e. The second-order valence-electron chi connectivity index (χ2n) is 5.57. The van der Waals surface area contributed by atoms with E-state index >= 15 is 0 Å². The Balaban J connectivity index is 1.67. The highest BCUT2D eigenvalue weighted by Crippen LogP contribution is 2.30. The first-order valence-electron chi connectivity index (χ1n) is 7.39. The summed E-state index contributed by atoms with van der Waals surface area (Å²) in [7, 11) is 0. The SMILES string of the molecule is CC(C)CNc1nnc(SCc2cccc3ccccc23)s1.